The zero-order chi connectivity index (χ0) is 16.1. The van der Waals surface area contributed by atoms with E-state index in [9.17, 15) is 8.42 Å². The highest BCUT2D eigenvalue weighted by Crippen LogP contribution is 2.27. The summed E-state index contributed by atoms with van der Waals surface area (Å²) in [6.45, 7) is 1.97. The number of aromatic nitrogens is 5. The van der Waals surface area contributed by atoms with E-state index in [0.717, 1.165) is 21.9 Å². The smallest absolute Gasteiger partial charge is 0.258 e. The Hall–Kier alpha value is -2.07. The van der Waals surface area contributed by atoms with Gasteiger partial charge in [-0.3, -0.25) is 0 Å². The van der Waals surface area contributed by atoms with Gasteiger partial charge in [0, 0.05) is 16.3 Å². The fourth-order valence-corrected chi connectivity index (χ4v) is 3.04. The van der Waals surface area contributed by atoms with Crippen molar-refractivity contribution < 1.29 is 8.42 Å². The standard InChI is InChI=1S/C12H11BrN6O2S/c1-6-3-4-7(8(13)5-6)9-15-11-17-12(22(2,20)21)16-10(14)19(11)18-9/h3-5H,1-2H3,(H2,14,15,16,17,18). The van der Waals surface area contributed by atoms with Gasteiger partial charge in [-0.05, 0) is 24.6 Å². The lowest BCUT2D eigenvalue weighted by atomic mass is 10.1. The summed E-state index contributed by atoms with van der Waals surface area (Å²) in [6.07, 6.45) is 1.01. The molecule has 0 fully saturated rings. The van der Waals surface area contributed by atoms with Crippen LogP contribution in [0.25, 0.3) is 17.2 Å². The monoisotopic (exact) mass is 382 g/mol. The number of sulfone groups is 1. The molecule has 3 aromatic rings. The van der Waals surface area contributed by atoms with Crippen molar-refractivity contribution in [3.8, 4) is 11.4 Å². The van der Waals surface area contributed by atoms with Gasteiger partial charge in [0.2, 0.25) is 15.8 Å². The molecular weight excluding hydrogens is 372 g/mol. The normalized spacial score (nSPS) is 12.0. The van der Waals surface area contributed by atoms with Crippen LogP contribution in [-0.4, -0.2) is 39.2 Å². The van der Waals surface area contributed by atoms with Crippen molar-refractivity contribution >= 4 is 37.5 Å². The van der Waals surface area contributed by atoms with Crippen LogP contribution in [0.2, 0.25) is 0 Å². The highest BCUT2D eigenvalue weighted by Gasteiger charge is 2.18. The SMILES string of the molecule is Cc1ccc(-c2nc3nc(S(C)(=O)=O)nc(N)n3n2)c(Br)c1. The summed E-state index contributed by atoms with van der Waals surface area (Å²) in [5, 5.41) is 3.85. The van der Waals surface area contributed by atoms with Gasteiger partial charge in [0.05, 0.1) is 0 Å². The van der Waals surface area contributed by atoms with Gasteiger partial charge >= 0.3 is 0 Å². The van der Waals surface area contributed by atoms with Crippen LogP contribution in [0.3, 0.4) is 0 Å². The van der Waals surface area contributed by atoms with Gasteiger partial charge in [0.15, 0.2) is 5.82 Å². The summed E-state index contributed by atoms with van der Waals surface area (Å²) < 4.78 is 25.1. The van der Waals surface area contributed by atoms with Crippen molar-refractivity contribution in [1.29, 1.82) is 0 Å². The van der Waals surface area contributed by atoms with Crippen LogP contribution in [0, 0.1) is 6.92 Å². The highest BCUT2D eigenvalue weighted by atomic mass is 79.9. The molecule has 10 heteroatoms. The Morgan fingerprint density at radius 2 is 1.95 bits per heavy atom. The fourth-order valence-electron chi connectivity index (χ4n) is 1.87. The van der Waals surface area contributed by atoms with Gasteiger partial charge < -0.3 is 5.73 Å². The molecule has 0 atom stereocenters. The van der Waals surface area contributed by atoms with Gasteiger partial charge in [-0.15, -0.1) is 5.10 Å². The molecule has 0 aliphatic rings. The second-order valence-electron chi connectivity index (χ2n) is 4.77. The maximum absolute atomic E-state index is 11.6. The number of nitrogens with two attached hydrogens (primary N) is 1. The van der Waals surface area contributed by atoms with Gasteiger partial charge in [-0.1, -0.05) is 22.0 Å². The zero-order valence-electron chi connectivity index (χ0n) is 11.6. The largest absolute Gasteiger partial charge is 0.368 e. The van der Waals surface area contributed by atoms with E-state index in [-0.39, 0.29) is 16.9 Å². The summed E-state index contributed by atoms with van der Waals surface area (Å²) in [7, 11) is -3.58. The maximum atomic E-state index is 11.6. The second kappa shape index (κ2) is 4.99. The van der Waals surface area contributed by atoms with E-state index < -0.39 is 9.84 Å². The first-order valence-electron chi connectivity index (χ1n) is 6.12. The molecular formula is C12H11BrN6O2S. The van der Waals surface area contributed by atoms with Crippen molar-refractivity contribution in [3.05, 3.63) is 28.2 Å². The summed E-state index contributed by atoms with van der Waals surface area (Å²) in [5.74, 6) is 0.362. The van der Waals surface area contributed by atoms with Crippen molar-refractivity contribution in [1.82, 2.24) is 24.6 Å². The average molecular weight is 383 g/mol. The molecule has 0 saturated heterocycles. The number of rotatable bonds is 2. The van der Waals surface area contributed by atoms with Crippen LogP contribution in [0.1, 0.15) is 5.56 Å². The van der Waals surface area contributed by atoms with Gasteiger partial charge in [-0.2, -0.15) is 19.5 Å². The van der Waals surface area contributed by atoms with Gasteiger partial charge in [0.1, 0.15) is 0 Å². The second-order valence-corrected chi connectivity index (χ2v) is 7.53. The Morgan fingerprint density at radius 1 is 1.23 bits per heavy atom. The van der Waals surface area contributed by atoms with Crippen molar-refractivity contribution in [2.24, 2.45) is 0 Å². The number of fused-ring (bicyclic) bond motifs is 1. The Balaban J connectivity index is 2.24. The van der Waals surface area contributed by atoms with Crippen molar-refractivity contribution in [2.75, 3.05) is 12.0 Å². The number of benzene rings is 1. The molecule has 0 saturated carbocycles. The number of halogens is 1. The molecule has 22 heavy (non-hydrogen) atoms. The quantitative estimate of drug-likeness (QED) is 0.708. The molecule has 3 rings (SSSR count). The van der Waals surface area contributed by atoms with Crippen LogP contribution >= 0.6 is 15.9 Å². The minimum Gasteiger partial charge on any atom is -0.368 e. The topological polar surface area (TPSA) is 116 Å². The van der Waals surface area contributed by atoms with E-state index in [2.05, 4.69) is 36.0 Å². The van der Waals surface area contributed by atoms with E-state index in [4.69, 9.17) is 5.73 Å². The fraction of sp³-hybridized carbons (Fsp3) is 0.167. The summed E-state index contributed by atoms with van der Waals surface area (Å²) in [4.78, 5) is 11.9. The number of hydrogen-bond acceptors (Lipinski definition) is 7. The lowest BCUT2D eigenvalue weighted by Crippen LogP contribution is -2.11. The van der Waals surface area contributed by atoms with Crippen LogP contribution in [0.15, 0.2) is 27.8 Å². The summed E-state index contributed by atoms with van der Waals surface area (Å²) in [5.41, 5.74) is 7.57. The Kier molecular flexibility index (Phi) is 3.37. The first-order chi connectivity index (χ1) is 10.3. The van der Waals surface area contributed by atoms with Gasteiger partial charge in [0.25, 0.3) is 10.9 Å². The third-order valence-corrected chi connectivity index (χ3v) is 4.41. The third-order valence-electron chi connectivity index (χ3n) is 2.91. The molecule has 0 aliphatic heterocycles. The highest BCUT2D eigenvalue weighted by molar-refractivity contribution is 9.10. The molecule has 0 amide bonds. The molecule has 0 bridgehead atoms. The molecule has 1 aromatic carbocycles. The van der Waals surface area contributed by atoms with E-state index in [1.54, 1.807) is 0 Å². The Labute approximate surface area is 134 Å². The number of aryl methyl sites for hydroxylation is 1. The maximum Gasteiger partial charge on any atom is 0.258 e. The molecule has 2 N–H and O–H groups in total. The first kappa shape index (κ1) is 14.9. The molecule has 2 aromatic heterocycles. The van der Waals surface area contributed by atoms with E-state index in [1.165, 1.54) is 4.52 Å². The van der Waals surface area contributed by atoms with Crippen molar-refractivity contribution in [3.63, 3.8) is 0 Å². The number of nitrogens with zero attached hydrogens (tertiary/aromatic N) is 5. The number of nitrogen functional groups attached to an aromatic ring is 1. The molecule has 0 spiro atoms. The Bertz CT molecular complexity index is 998. The molecule has 114 valence electrons. The predicted molar refractivity (Wildman–Crippen MR) is 84.0 cm³/mol. The lowest BCUT2D eigenvalue weighted by Gasteiger charge is -2.00. The van der Waals surface area contributed by atoms with E-state index in [0.29, 0.717) is 5.82 Å². The van der Waals surface area contributed by atoms with E-state index >= 15 is 0 Å². The molecule has 8 nitrogen and oxygen atoms in total. The van der Waals surface area contributed by atoms with Crippen LogP contribution in [0.5, 0.6) is 0 Å². The van der Waals surface area contributed by atoms with Crippen LogP contribution in [0.4, 0.5) is 5.95 Å². The molecule has 0 aliphatic carbocycles. The summed E-state index contributed by atoms with van der Waals surface area (Å²) in [6, 6.07) is 5.70. The van der Waals surface area contributed by atoms with Gasteiger partial charge in [-0.25, -0.2) is 8.42 Å². The number of hydrogen-bond donors (Lipinski definition) is 1. The van der Waals surface area contributed by atoms with E-state index in [1.807, 2.05) is 25.1 Å². The first-order valence-corrected chi connectivity index (χ1v) is 8.81. The molecule has 0 unspecified atom stereocenters. The minimum absolute atomic E-state index is 0.0791. The average Bonchev–Trinajstić information content (AvgIpc) is 2.81. The third kappa shape index (κ3) is 2.55. The summed E-state index contributed by atoms with van der Waals surface area (Å²) >= 11 is 3.45. The zero-order valence-corrected chi connectivity index (χ0v) is 14.1. The Morgan fingerprint density at radius 3 is 2.59 bits per heavy atom. The van der Waals surface area contributed by atoms with Crippen LogP contribution < -0.4 is 5.73 Å². The van der Waals surface area contributed by atoms with Crippen molar-refractivity contribution in [2.45, 2.75) is 12.1 Å². The lowest BCUT2D eigenvalue weighted by molar-refractivity contribution is 0.592. The predicted octanol–water partition coefficient (Wildman–Crippen LogP) is 1.24. The van der Waals surface area contributed by atoms with Crippen LogP contribution in [-0.2, 0) is 9.84 Å². The molecule has 0 radical (unpaired) electrons. The molecule has 2 heterocycles. The number of anilines is 1. The minimum atomic E-state index is -3.58.